The van der Waals surface area contributed by atoms with Crippen LogP contribution in [0.4, 0.5) is 10.5 Å². The van der Waals surface area contributed by atoms with Gasteiger partial charge in [-0.3, -0.25) is 0 Å². The molecule has 1 fully saturated rings. The lowest BCUT2D eigenvalue weighted by Gasteiger charge is -2.35. The van der Waals surface area contributed by atoms with Crippen molar-refractivity contribution in [1.82, 2.24) is 4.90 Å². The van der Waals surface area contributed by atoms with Gasteiger partial charge in [0.15, 0.2) is 0 Å². The first-order valence-corrected chi connectivity index (χ1v) is 6.95. The summed E-state index contributed by atoms with van der Waals surface area (Å²) in [6, 6.07) is 7.68. The number of carbonyl (C=O) groups excluding carboxylic acids is 1. The second-order valence-electron chi connectivity index (χ2n) is 5.52. The fourth-order valence-corrected chi connectivity index (χ4v) is 2.37. The standard InChI is InChI=1S/C15H23N3O/c1-11-7-8-18(10-12(11)2)15(19)17-14-5-3-13(9-16)4-6-14/h3-6,11-12H,7-10,16H2,1-2H3,(H,17,19). The van der Waals surface area contributed by atoms with E-state index in [1.807, 2.05) is 29.2 Å². The molecule has 1 saturated heterocycles. The molecule has 19 heavy (non-hydrogen) atoms. The van der Waals surface area contributed by atoms with E-state index in [9.17, 15) is 4.79 Å². The van der Waals surface area contributed by atoms with Crippen LogP contribution in [0.2, 0.25) is 0 Å². The number of carbonyl (C=O) groups is 1. The molecule has 1 aromatic carbocycles. The number of likely N-dealkylation sites (tertiary alicyclic amines) is 1. The number of urea groups is 1. The summed E-state index contributed by atoms with van der Waals surface area (Å²) >= 11 is 0. The van der Waals surface area contributed by atoms with Crippen molar-refractivity contribution >= 4 is 11.7 Å². The second kappa shape index (κ2) is 6.06. The summed E-state index contributed by atoms with van der Waals surface area (Å²) in [5.41, 5.74) is 7.45. The Bertz CT molecular complexity index is 430. The van der Waals surface area contributed by atoms with Gasteiger partial charge in [-0.2, -0.15) is 0 Å². The van der Waals surface area contributed by atoms with Crippen LogP contribution in [0.25, 0.3) is 0 Å². The minimum atomic E-state index is -0.000696. The van der Waals surface area contributed by atoms with E-state index in [0.717, 1.165) is 30.8 Å². The molecule has 3 N–H and O–H groups in total. The summed E-state index contributed by atoms with van der Waals surface area (Å²) in [6.07, 6.45) is 1.08. The Balaban J connectivity index is 1.93. The van der Waals surface area contributed by atoms with Crippen molar-refractivity contribution in [2.24, 2.45) is 17.6 Å². The number of anilines is 1. The van der Waals surface area contributed by atoms with E-state index < -0.39 is 0 Å². The minimum absolute atomic E-state index is 0.000696. The Kier molecular flexibility index (Phi) is 4.43. The Labute approximate surface area is 115 Å². The average molecular weight is 261 g/mol. The molecule has 1 aromatic rings. The van der Waals surface area contributed by atoms with Crippen LogP contribution in [-0.4, -0.2) is 24.0 Å². The number of nitrogens with two attached hydrogens (primary N) is 1. The average Bonchev–Trinajstić information content (AvgIpc) is 2.42. The molecule has 1 aliphatic rings. The van der Waals surface area contributed by atoms with E-state index in [1.54, 1.807) is 0 Å². The smallest absolute Gasteiger partial charge is 0.321 e. The van der Waals surface area contributed by atoms with Crippen LogP contribution in [0.15, 0.2) is 24.3 Å². The number of benzene rings is 1. The van der Waals surface area contributed by atoms with E-state index in [1.165, 1.54) is 0 Å². The molecule has 0 saturated carbocycles. The Morgan fingerprint density at radius 2 is 2.00 bits per heavy atom. The van der Waals surface area contributed by atoms with Crippen LogP contribution in [0, 0.1) is 11.8 Å². The largest absolute Gasteiger partial charge is 0.326 e. The fraction of sp³-hybridized carbons (Fsp3) is 0.533. The lowest BCUT2D eigenvalue weighted by molar-refractivity contribution is 0.154. The summed E-state index contributed by atoms with van der Waals surface area (Å²) < 4.78 is 0. The molecule has 2 atom stereocenters. The SMILES string of the molecule is CC1CCN(C(=O)Nc2ccc(CN)cc2)CC1C. The van der Waals surface area contributed by atoms with Gasteiger partial charge in [0.1, 0.15) is 0 Å². The van der Waals surface area contributed by atoms with E-state index in [0.29, 0.717) is 18.4 Å². The first kappa shape index (κ1) is 13.9. The van der Waals surface area contributed by atoms with Crippen molar-refractivity contribution in [2.75, 3.05) is 18.4 Å². The molecular formula is C15H23N3O. The molecule has 0 radical (unpaired) electrons. The molecule has 1 aliphatic heterocycles. The van der Waals surface area contributed by atoms with Gasteiger partial charge in [-0.15, -0.1) is 0 Å². The van der Waals surface area contributed by atoms with Gasteiger partial charge in [0.25, 0.3) is 0 Å². The Morgan fingerprint density at radius 3 is 2.58 bits per heavy atom. The van der Waals surface area contributed by atoms with Crippen molar-refractivity contribution in [2.45, 2.75) is 26.8 Å². The van der Waals surface area contributed by atoms with Gasteiger partial charge in [-0.05, 0) is 36.0 Å². The maximum Gasteiger partial charge on any atom is 0.321 e. The Morgan fingerprint density at radius 1 is 1.32 bits per heavy atom. The number of amides is 2. The number of nitrogens with zero attached hydrogens (tertiary/aromatic N) is 1. The monoisotopic (exact) mass is 261 g/mol. The van der Waals surface area contributed by atoms with Gasteiger partial charge in [0, 0.05) is 25.3 Å². The van der Waals surface area contributed by atoms with Crippen LogP contribution >= 0.6 is 0 Å². The molecule has 0 spiro atoms. The number of hydrogen-bond donors (Lipinski definition) is 2. The normalized spacial score (nSPS) is 23.2. The molecule has 4 heteroatoms. The van der Waals surface area contributed by atoms with Crippen LogP contribution in [0.1, 0.15) is 25.8 Å². The molecule has 0 bridgehead atoms. The predicted octanol–water partition coefficient (Wildman–Crippen LogP) is 2.66. The van der Waals surface area contributed by atoms with Crippen molar-refractivity contribution in [3.63, 3.8) is 0 Å². The molecule has 1 heterocycles. The van der Waals surface area contributed by atoms with E-state index in [-0.39, 0.29) is 6.03 Å². The number of nitrogens with one attached hydrogen (secondary N) is 1. The van der Waals surface area contributed by atoms with Gasteiger partial charge in [0.05, 0.1) is 0 Å². The highest BCUT2D eigenvalue weighted by molar-refractivity contribution is 5.89. The number of rotatable bonds is 2. The van der Waals surface area contributed by atoms with Gasteiger partial charge < -0.3 is 16.0 Å². The van der Waals surface area contributed by atoms with E-state index >= 15 is 0 Å². The molecule has 0 aliphatic carbocycles. The van der Waals surface area contributed by atoms with Gasteiger partial charge >= 0.3 is 6.03 Å². The zero-order chi connectivity index (χ0) is 13.8. The van der Waals surface area contributed by atoms with Crippen molar-refractivity contribution in [1.29, 1.82) is 0 Å². The second-order valence-corrected chi connectivity index (χ2v) is 5.52. The van der Waals surface area contributed by atoms with Crippen molar-refractivity contribution in [3.05, 3.63) is 29.8 Å². The summed E-state index contributed by atoms with van der Waals surface area (Å²) in [6.45, 7) is 6.67. The van der Waals surface area contributed by atoms with Crippen LogP contribution in [0.5, 0.6) is 0 Å². The summed E-state index contributed by atoms with van der Waals surface area (Å²) in [5, 5.41) is 2.94. The van der Waals surface area contributed by atoms with E-state index in [4.69, 9.17) is 5.73 Å². The minimum Gasteiger partial charge on any atom is -0.326 e. The molecule has 104 valence electrons. The van der Waals surface area contributed by atoms with Gasteiger partial charge in [-0.25, -0.2) is 4.79 Å². The number of hydrogen-bond acceptors (Lipinski definition) is 2. The van der Waals surface area contributed by atoms with Crippen LogP contribution in [-0.2, 0) is 6.54 Å². The highest BCUT2D eigenvalue weighted by Gasteiger charge is 2.25. The summed E-state index contributed by atoms with van der Waals surface area (Å²) in [5.74, 6) is 1.27. The molecule has 2 unspecified atom stereocenters. The zero-order valence-corrected chi connectivity index (χ0v) is 11.7. The highest BCUT2D eigenvalue weighted by Crippen LogP contribution is 2.23. The first-order chi connectivity index (χ1) is 9.10. The van der Waals surface area contributed by atoms with Crippen LogP contribution in [0.3, 0.4) is 0 Å². The molecule has 4 nitrogen and oxygen atoms in total. The fourth-order valence-electron chi connectivity index (χ4n) is 2.37. The van der Waals surface area contributed by atoms with Crippen LogP contribution < -0.4 is 11.1 Å². The lowest BCUT2D eigenvalue weighted by Crippen LogP contribution is -2.44. The third kappa shape index (κ3) is 3.47. The third-order valence-electron chi connectivity index (χ3n) is 4.06. The molecule has 2 amide bonds. The molecular weight excluding hydrogens is 238 g/mol. The maximum absolute atomic E-state index is 12.2. The third-order valence-corrected chi connectivity index (χ3v) is 4.06. The summed E-state index contributed by atoms with van der Waals surface area (Å²) in [7, 11) is 0. The summed E-state index contributed by atoms with van der Waals surface area (Å²) in [4.78, 5) is 14.1. The lowest BCUT2D eigenvalue weighted by atomic mass is 9.89. The quantitative estimate of drug-likeness (QED) is 0.860. The highest BCUT2D eigenvalue weighted by atomic mass is 16.2. The van der Waals surface area contributed by atoms with Gasteiger partial charge in [-0.1, -0.05) is 26.0 Å². The Hall–Kier alpha value is -1.55. The number of piperidine rings is 1. The van der Waals surface area contributed by atoms with Crippen molar-refractivity contribution < 1.29 is 4.79 Å². The molecule has 2 rings (SSSR count). The van der Waals surface area contributed by atoms with Crippen molar-refractivity contribution in [3.8, 4) is 0 Å². The van der Waals surface area contributed by atoms with E-state index in [2.05, 4.69) is 19.2 Å². The zero-order valence-electron chi connectivity index (χ0n) is 11.7. The maximum atomic E-state index is 12.2. The predicted molar refractivity (Wildman–Crippen MR) is 77.9 cm³/mol. The first-order valence-electron chi connectivity index (χ1n) is 6.95. The molecule has 0 aromatic heterocycles. The topological polar surface area (TPSA) is 58.4 Å². The van der Waals surface area contributed by atoms with Gasteiger partial charge in [0.2, 0.25) is 0 Å².